The first-order chi connectivity index (χ1) is 17.7. The minimum absolute atomic E-state index is 0.00562. The SMILES string of the molecule is Cc1cccc(CNC(=O)COc2ccc3c(c2)C(c2ccccc2)N(Cc2ccccc2)CC3)c1. The molecule has 4 nitrogen and oxygen atoms in total. The Morgan fingerprint density at radius 1 is 0.889 bits per heavy atom. The molecule has 4 aromatic rings. The maximum Gasteiger partial charge on any atom is 0.258 e. The fourth-order valence-electron chi connectivity index (χ4n) is 4.97. The topological polar surface area (TPSA) is 41.6 Å². The molecule has 0 bridgehead atoms. The predicted molar refractivity (Wildman–Crippen MR) is 144 cm³/mol. The van der Waals surface area contributed by atoms with Gasteiger partial charge in [-0.15, -0.1) is 0 Å². The summed E-state index contributed by atoms with van der Waals surface area (Å²) in [5.74, 6) is 0.599. The first-order valence-corrected chi connectivity index (χ1v) is 12.6. The molecule has 1 N–H and O–H groups in total. The number of hydrogen-bond donors (Lipinski definition) is 1. The number of hydrogen-bond acceptors (Lipinski definition) is 3. The maximum absolute atomic E-state index is 12.5. The van der Waals surface area contributed by atoms with Crippen LogP contribution in [0.4, 0.5) is 0 Å². The number of ether oxygens (including phenoxy) is 1. The van der Waals surface area contributed by atoms with Gasteiger partial charge in [0.1, 0.15) is 5.75 Å². The molecule has 1 heterocycles. The van der Waals surface area contributed by atoms with E-state index in [-0.39, 0.29) is 18.6 Å². The molecule has 0 aliphatic carbocycles. The number of nitrogens with zero attached hydrogens (tertiary/aromatic N) is 1. The molecule has 1 unspecified atom stereocenters. The quantitative estimate of drug-likeness (QED) is 0.347. The maximum atomic E-state index is 12.5. The summed E-state index contributed by atoms with van der Waals surface area (Å²) >= 11 is 0. The van der Waals surface area contributed by atoms with Crippen molar-refractivity contribution in [3.8, 4) is 5.75 Å². The van der Waals surface area contributed by atoms with Gasteiger partial charge in [0, 0.05) is 19.6 Å². The lowest BCUT2D eigenvalue weighted by atomic mass is 9.87. The molecule has 1 aliphatic heterocycles. The first kappa shape index (κ1) is 23.8. The van der Waals surface area contributed by atoms with Crippen molar-refractivity contribution in [3.05, 3.63) is 137 Å². The molecular formula is C32H32N2O2. The van der Waals surface area contributed by atoms with Gasteiger partial charge in [0.2, 0.25) is 0 Å². The molecule has 0 radical (unpaired) electrons. The van der Waals surface area contributed by atoms with E-state index in [0.717, 1.165) is 30.8 Å². The van der Waals surface area contributed by atoms with Crippen LogP contribution in [0.3, 0.4) is 0 Å². The molecule has 0 saturated heterocycles. The largest absolute Gasteiger partial charge is 0.484 e. The van der Waals surface area contributed by atoms with Crippen LogP contribution in [-0.2, 0) is 24.3 Å². The summed E-state index contributed by atoms with van der Waals surface area (Å²) < 4.78 is 5.95. The lowest BCUT2D eigenvalue weighted by Crippen LogP contribution is -2.35. The van der Waals surface area contributed by atoms with Gasteiger partial charge in [-0.1, -0.05) is 96.6 Å². The van der Waals surface area contributed by atoms with Crippen molar-refractivity contribution in [1.29, 1.82) is 0 Å². The van der Waals surface area contributed by atoms with Crippen LogP contribution >= 0.6 is 0 Å². The summed E-state index contributed by atoms with van der Waals surface area (Å²) in [6, 6.07) is 35.8. The Balaban J connectivity index is 1.31. The van der Waals surface area contributed by atoms with E-state index < -0.39 is 0 Å². The average Bonchev–Trinajstić information content (AvgIpc) is 2.91. The fourth-order valence-corrected chi connectivity index (χ4v) is 4.97. The summed E-state index contributed by atoms with van der Waals surface area (Å²) in [6.45, 7) is 4.41. The smallest absolute Gasteiger partial charge is 0.258 e. The number of amides is 1. The molecule has 0 spiro atoms. The zero-order valence-corrected chi connectivity index (χ0v) is 20.7. The van der Waals surface area contributed by atoms with Crippen LogP contribution in [0.25, 0.3) is 0 Å². The Morgan fingerprint density at radius 2 is 1.64 bits per heavy atom. The van der Waals surface area contributed by atoms with E-state index >= 15 is 0 Å². The second-order valence-electron chi connectivity index (χ2n) is 9.43. The first-order valence-electron chi connectivity index (χ1n) is 12.6. The van der Waals surface area contributed by atoms with E-state index in [9.17, 15) is 4.79 Å². The molecule has 0 aromatic heterocycles. The van der Waals surface area contributed by atoms with Crippen LogP contribution in [0.15, 0.2) is 103 Å². The van der Waals surface area contributed by atoms with Crippen LogP contribution in [-0.4, -0.2) is 24.0 Å². The van der Waals surface area contributed by atoms with Crippen molar-refractivity contribution in [3.63, 3.8) is 0 Å². The summed E-state index contributed by atoms with van der Waals surface area (Å²) in [4.78, 5) is 15.0. The van der Waals surface area contributed by atoms with Crippen molar-refractivity contribution in [2.45, 2.75) is 32.5 Å². The van der Waals surface area contributed by atoms with Gasteiger partial charge in [-0.25, -0.2) is 0 Å². The molecule has 36 heavy (non-hydrogen) atoms. The fraction of sp³-hybridized carbons (Fsp3) is 0.219. The lowest BCUT2D eigenvalue weighted by molar-refractivity contribution is -0.123. The van der Waals surface area contributed by atoms with E-state index in [0.29, 0.717) is 6.54 Å². The van der Waals surface area contributed by atoms with E-state index in [2.05, 4.69) is 89.1 Å². The number of aryl methyl sites for hydroxylation is 1. The molecule has 1 amide bonds. The summed E-state index contributed by atoms with van der Waals surface area (Å²) in [6.07, 6.45) is 0.989. The Kier molecular flexibility index (Phi) is 7.44. The van der Waals surface area contributed by atoms with Gasteiger partial charge in [0.15, 0.2) is 6.61 Å². The minimum Gasteiger partial charge on any atom is -0.484 e. The van der Waals surface area contributed by atoms with Crippen LogP contribution in [0.1, 0.15) is 39.4 Å². The monoisotopic (exact) mass is 476 g/mol. The molecule has 5 rings (SSSR count). The predicted octanol–water partition coefficient (Wildman–Crippen LogP) is 5.84. The third-order valence-electron chi connectivity index (χ3n) is 6.73. The zero-order chi connectivity index (χ0) is 24.7. The minimum atomic E-state index is -0.125. The van der Waals surface area contributed by atoms with Gasteiger partial charge >= 0.3 is 0 Å². The Labute approximate surface area is 213 Å². The van der Waals surface area contributed by atoms with Crippen molar-refractivity contribution in [1.82, 2.24) is 10.2 Å². The highest BCUT2D eigenvalue weighted by Gasteiger charge is 2.29. The number of carbonyl (C=O) groups is 1. The second-order valence-corrected chi connectivity index (χ2v) is 9.43. The van der Waals surface area contributed by atoms with Gasteiger partial charge in [-0.05, 0) is 53.3 Å². The number of rotatable bonds is 8. The van der Waals surface area contributed by atoms with Crippen molar-refractivity contribution >= 4 is 5.91 Å². The van der Waals surface area contributed by atoms with Crippen molar-refractivity contribution in [2.75, 3.05) is 13.2 Å². The highest BCUT2D eigenvalue weighted by molar-refractivity contribution is 5.77. The number of benzene rings is 4. The third kappa shape index (κ3) is 5.84. The molecule has 0 saturated carbocycles. The van der Waals surface area contributed by atoms with E-state index in [4.69, 9.17) is 4.74 Å². The average molecular weight is 477 g/mol. The van der Waals surface area contributed by atoms with Crippen LogP contribution in [0.5, 0.6) is 5.75 Å². The Morgan fingerprint density at radius 3 is 2.42 bits per heavy atom. The summed E-state index contributed by atoms with van der Waals surface area (Å²) in [5, 5.41) is 2.96. The zero-order valence-electron chi connectivity index (χ0n) is 20.7. The van der Waals surface area contributed by atoms with Crippen LogP contribution in [0.2, 0.25) is 0 Å². The van der Waals surface area contributed by atoms with Gasteiger partial charge < -0.3 is 10.1 Å². The highest BCUT2D eigenvalue weighted by Crippen LogP contribution is 2.37. The van der Waals surface area contributed by atoms with Gasteiger partial charge in [0.05, 0.1) is 6.04 Å². The molecule has 182 valence electrons. The molecule has 1 atom stereocenters. The van der Waals surface area contributed by atoms with Gasteiger partial charge in [0.25, 0.3) is 5.91 Å². The highest BCUT2D eigenvalue weighted by atomic mass is 16.5. The van der Waals surface area contributed by atoms with Gasteiger partial charge in [-0.3, -0.25) is 9.69 Å². The molecular weight excluding hydrogens is 444 g/mol. The molecule has 4 aromatic carbocycles. The third-order valence-corrected chi connectivity index (χ3v) is 6.73. The van der Waals surface area contributed by atoms with Gasteiger partial charge in [-0.2, -0.15) is 0 Å². The molecule has 4 heteroatoms. The van der Waals surface area contributed by atoms with Crippen molar-refractivity contribution in [2.24, 2.45) is 0 Å². The van der Waals surface area contributed by atoms with E-state index in [1.54, 1.807) is 0 Å². The van der Waals surface area contributed by atoms with Crippen molar-refractivity contribution < 1.29 is 9.53 Å². The second kappa shape index (κ2) is 11.2. The molecule has 0 fully saturated rings. The number of carbonyl (C=O) groups excluding carboxylic acids is 1. The van der Waals surface area contributed by atoms with E-state index in [1.807, 2.05) is 31.2 Å². The number of fused-ring (bicyclic) bond motifs is 1. The Bertz CT molecular complexity index is 1300. The summed E-state index contributed by atoms with van der Waals surface area (Å²) in [7, 11) is 0. The van der Waals surface area contributed by atoms with Crippen LogP contribution in [0, 0.1) is 6.92 Å². The molecule has 1 aliphatic rings. The number of nitrogens with one attached hydrogen (secondary N) is 1. The lowest BCUT2D eigenvalue weighted by Gasteiger charge is -2.38. The van der Waals surface area contributed by atoms with Crippen LogP contribution < -0.4 is 10.1 Å². The van der Waals surface area contributed by atoms with E-state index in [1.165, 1.54) is 27.8 Å². The summed E-state index contributed by atoms with van der Waals surface area (Å²) in [5.41, 5.74) is 7.43. The standard InChI is InChI=1S/C32H32N2O2/c1-24-9-8-12-26(19-24)21-33-31(35)23-36-29-16-15-27-17-18-34(22-25-10-4-2-5-11-25)32(30(27)20-29)28-13-6-3-7-14-28/h2-16,19-20,32H,17-18,21-23H2,1H3,(H,33,35). The Hall–Kier alpha value is -3.89. The normalized spacial score (nSPS) is 15.2.